The van der Waals surface area contributed by atoms with Crippen molar-refractivity contribution in [1.29, 1.82) is 0 Å². The molecule has 0 aliphatic carbocycles. The molecule has 1 heterocycles. The van der Waals surface area contributed by atoms with Crippen LogP contribution in [0.3, 0.4) is 0 Å². The molecule has 21 heavy (non-hydrogen) atoms. The summed E-state index contributed by atoms with van der Waals surface area (Å²) in [5.41, 5.74) is 1.34. The Balaban J connectivity index is 1.83. The summed E-state index contributed by atoms with van der Waals surface area (Å²) in [7, 11) is 0. The molecule has 0 saturated heterocycles. The van der Waals surface area contributed by atoms with Gasteiger partial charge in [-0.1, -0.05) is 29.3 Å². The summed E-state index contributed by atoms with van der Waals surface area (Å²) in [4.78, 5) is 12.0. The second-order valence-electron chi connectivity index (χ2n) is 4.54. The van der Waals surface area contributed by atoms with E-state index in [4.69, 9.17) is 23.2 Å². The highest BCUT2D eigenvalue weighted by Gasteiger charge is 2.11. The molecular formula is C14H14BrCl2N3O. The summed E-state index contributed by atoms with van der Waals surface area (Å²) < 4.78 is 2.83. The number of nitrogens with zero attached hydrogens (tertiary/aromatic N) is 2. The number of nitrogens with one attached hydrogen (secondary N) is 1. The SMILES string of the molecule is Cc1nn(CCCNC(=O)c2cccc(Cl)c2Cl)cc1Br. The number of benzene rings is 1. The van der Waals surface area contributed by atoms with Crippen LogP contribution in [0.1, 0.15) is 22.5 Å². The van der Waals surface area contributed by atoms with E-state index in [1.807, 2.05) is 17.8 Å². The number of carbonyl (C=O) groups is 1. The number of hydrogen-bond acceptors (Lipinski definition) is 2. The number of amides is 1. The first-order chi connectivity index (χ1) is 9.99. The Hall–Kier alpha value is -1.04. The highest BCUT2D eigenvalue weighted by atomic mass is 79.9. The van der Waals surface area contributed by atoms with Crippen molar-refractivity contribution < 1.29 is 4.79 Å². The summed E-state index contributed by atoms with van der Waals surface area (Å²) in [5.74, 6) is -0.222. The van der Waals surface area contributed by atoms with E-state index in [1.54, 1.807) is 18.2 Å². The summed E-state index contributed by atoms with van der Waals surface area (Å²) in [6.45, 7) is 3.21. The zero-order valence-electron chi connectivity index (χ0n) is 11.4. The number of aromatic nitrogens is 2. The zero-order valence-corrected chi connectivity index (χ0v) is 14.5. The molecule has 0 radical (unpaired) electrons. The van der Waals surface area contributed by atoms with E-state index in [0.29, 0.717) is 17.1 Å². The zero-order chi connectivity index (χ0) is 15.4. The van der Waals surface area contributed by atoms with E-state index < -0.39 is 0 Å². The van der Waals surface area contributed by atoms with Crippen LogP contribution in [0.5, 0.6) is 0 Å². The van der Waals surface area contributed by atoms with Crippen LogP contribution in [0.25, 0.3) is 0 Å². The molecule has 0 aliphatic heterocycles. The third-order valence-corrected chi connectivity index (χ3v) is 4.53. The van der Waals surface area contributed by atoms with Gasteiger partial charge in [0.1, 0.15) is 0 Å². The van der Waals surface area contributed by atoms with E-state index >= 15 is 0 Å². The fourth-order valence-corrected chi connectivity index (χ4v) is 2.53. The van der Waals surface area contributed by atoms with E-state index in [1.165, 1.54) is 0 Å². The minimum Gasteiger partial charge on any atom is -0.352 e. The number of hydrogen-bond donors (Lipinski definition) is 1. The lowest BCUT2D eigenvalue weighted by Crippen LogP contribution is -2.25. The molecule has 2 aromatic rings. The quantitative estimate of drug-likeness (QED) is 0.781. The van der Waals surface area contributed by atoms with Crippen LogP contribution < -0.4 is 5.32 Å². The van der Waals surface area contributed by atoms with E-state index in [2.05, 4.69) is 26.3 Å². The van der Waals surface area contributed by atoms with Gasteiger partial charge < -0.3 is 5.32 Å². The van der Waals surface area contributed by atoms with E-state index in [-0.39, 0.29) is 10.9 Å². The van der Waals surface area contributed by atoms with Crippen LogP contribution in [0.2, 0.25) is 10.0 Å². The maximum Gasteiger partial charge on any atom is 0.252 e. The van der Waals surface area contributed by atoms with Crippen molar-refractivity contribution in [3.8, 4) is 0 Å². The molecule has 1 amide bonds. The maximum atomic E-state index is 12.0. The number of carbonyl (C=O) groups excluding carboxylic acids is 1. The van der Waals surface area contributed by atoms with Crippen LogP contribution in [0, 0.1) is 6.92 Å². The average molecular weight is 391 g/mol. The molecule has 1 aromatic carbocycles. The number of rotatable bonds is 5. The van der Waals surface area contributed by atoms with Gasteiger partial charge in [-0.25, -0.2) is 0 Å². The first-order valence-electron chi connectivity index (χ1n) is 6.41. The highest BCUT2D eigenvalue weighted by molar-refractivity contribution is 9.10. The van der Waals surface area contributed by atoms with Crippen molar-refractivity contribution in [2.45, 2.75) is 19.9 Å². The maximum absolute atomic E-state index is 12.0. The molecule has 0 saturated carbocycles. The van der Waals surface area contributed by atoms with Crippen LogP contribution in [0.15, 0.2) is 28.9 Å². The number of aryl methyl sites for hydroxylation is 2. The van der Waals surface area contributed by atoms with Gasteiger partial charge in [0, 0.05) is 19.3 Å². The van der Waals surface area contributed by atoms with Gasteiger partial charge in [0.2, 0.25) is 0 Å². The third kappa shape index (κ3) is 4.22. The Morgan fingerprint density at radius 3 is 2.86 bits per heavy atom. The molecule has 0 unspecified atom stereocenters. The predicted octanol–water partition coefficient (Wildman–Crippen LogP) is 4.08. The minimum atomic E-state index is -0.222. The molecule has 0 fully saturated rings. The molecule has 0 spiro atoms. The van der Waals surface area contributed by atoms with Crippen LogP contribution in [-0.2, 0) is 6.54 Å². The van der Waals surface area contributed by atoms with Crippen LogP contribution >= 0.6 is 39.1 Å². The summed E-state index contributed by atoms with van der Waals surface area (Å²) in [6.07, 6.45) is 2.70. The first-order valence-corrected chi connectivity index (χ1v) is 7.95. The lowest BCUT2D eigenvalue weighted by Gasteiger charge is -2.07. The fraction of sp³-hybridized carbons (Fsp3) is 0.286. The fourth-order valence-electron chi connectivity index (χ4n) is 1.83. The lowest BCUT2D eigenvalue weighted by atomic mass is 10.2. The molecule has 0 aliphatic rings. The second kappa shape index (κ2) is 7.29. The topological polar surface area (TPSA) is 46.9 Å². The smallest absolute Gasteiger partial charge is 0.252 e. The Kier molecular flexibility index (Phi) is 5.67. The van der Waals surface area contributed by atoms with Gasteiger partial charge in [0.25, 0.3) is 5.91 Å². The van der Waals surface area contributed by atoms with Gasteiger partial charge in [-0.15, -0.1) is 0 Å². The van der Waals surface area contributed by atoms with Crippen molar-refractivity contribution in [3.05, 3.63) is 50.2 Å². The van der Waals surface area contributed by atoms with Crippen molar-refractivity contribution in [2.24, 2.45) is 0 Å². The van der Waals surface area contributed by atoms with E-state index in [0.717, 1.165) is 23.1 Å². The molecule has 1 N–H and O–H groups in total. The highest BCUT2D eigenvalue weighted by Crippen LogP contribution is 2.25. The van der Waals surface area contributed by atoms with Gasteiger partial charge in [-0.2, -0.15) is 5.10 Å². The monoisotopic (exact) mass is 389 g/mol. The summed E-state index contributed by atoms with van der Waals surface area (Å²) in [5, 5.41) is 7.81. The standard InChI is InChI=1S/C14H14BrCl2N3O/c1-9-11(15)8-20(19-9)7-3-6-18-14(21)10-4-2-5-12(16)13(10)17/h2,4-5,8H,3,6-7H2,1H3,(H,18,21). The summed E-state index contributed by atoms with van der Waals surface area (Å²) in [6, 6.07) is 5.00. The molecule has 7 heteroatoms. The Bertz CT molecular complexity index is 638. The van der Waals surface area contributed by atoms with Crippen molar-refractivity contribution in [1.82, 2.24) is 15.1 Å². The van der Waals surface area contributed by atoms with Crippen molar-refractivity contribution in [2.75, 3.05) is 6.54 Å². The Morgan fingerprint density at radius 1 is 1.43 bits per heavy atom. The average Bonchev–Trinajstić information content (AvgIpc) is 2.76. The Labute approximate surface area is 141 Å². The number of halogens is 3. The molecule has 2 rings (SSSR count). The normalized spacial score (nSPS) is 10.7. The first kappa shape index (κ1) is 16.3. The van der Waals surface area contributed by atoms with E-state index in [9.17, 15) is 4.79 Å². The van der Waals surface area contributed by atoms with Gasteiger partial charge in [-0.3, -0.25) is 9.48 Å². The van der Waals surface area contributed by atoms with Gasteiger partial charge in [0.05, 0.1) is 25.8 Å². The largest absolute Gasteiger partial charge is 0.352 e. The molecule has 112 valence electrons. The van der Waals surface area contributed by atoms with Gasteiger partial charge in [-0.05, 0) is 41.4 Å². The van der Waals surface area contributed by atoms with Gasteiger partial charge >= 0.3 is 0 Å². The van der Waals surface area contributed by atoms with Gasteiger partial charge in [0.15, 0.2) is 0 Å². The second-order valence-corrected chi connectivity index (χ2v) is 6.18. The predicted molar refractivity (Wildman–Crippen MR) is 88.1 cm³/mol. The minimum absolute atomic E-state index is 0.222. The molecule has 1 aromatic heterocycles. The third-order valence-electron chi connectivity index (χ3n) is 2.93. The molecule has 4 nitrogen and oxygen atoms in total. The molecular weight excluding hydrogens is 377 g/mol. The van der Waals surface area contributed by atoms with Crippen LogP contribution in [0.4, 0.5) is 0 Å². The molecule has 0 atom stereocenters. The summed E-state index contributed by atoms with van der Waals surface area (Å²) >= 11 is 15.3. The van der Waals surface area contributed by atoms with Crippen molar-refractivity contribution >= 4 is 45.0 Å². The molecule has 0 bridgehead atoms. The lowest BCUT2D eigenvalue weighted by molar-refractivity contribution is 0.0952. The van der Waals surface area contributed by atoms with Crippen LogP contribution in [-0.4, -0.2) is 22.2 Å². The Morgan fingerprint density at radius 2 is 2.19 bits per heavy atom. The van der Waals surface area contributed by atoms with Crippen molar-refractivity contribution in [3.63, 3.8) is 0 Å².